The van der Waals surface area contributed by atoms with Gasteiger partial charge >= 0.3 is 0 Å². The number of ether oxygens (including phenoxy) is 2. The van der Waals surface area contributed by atoms with E-state index >= 15 is 0 Å². The van der Waals surface area contributed by atoms with Crippen molar-refractivity contribution in [2.24, 2.45) is 0 Å². The molecule has 4 heteroatoms. The molecule has 3 aromatic carbocycles. The van der Waals surface area contributed by atoms with Gasteiger partial charge in [0.15, 0.2) is 11.9 Å². The van der Waals surface area contributed by atoms with Crippen molar-refractivity contribution in [2.75, 3.05) is 0 Å². The van der Waals surface area contributed by atoms with Crippen molar-refractivity contribution in [2.45, 2.75) is 18.8 Å². The van der Waals surface area contributed by atoms with Crippen LogP contribution in [0.15, 0.2) is 78.9 Å². The van der Waals surface area contributed by atoms with Gasteiger partial charge < -0.3 is 9.47 Å². The third-order valence-corrected chi connectivity index (χ3v) is 4.55. The summed E-state index contributed by atoms with van der Waals surface area (Å²) in [6.07, 6.45) is -0.738. The first-order valence-electron chi connectivity index (χ1n) is 8.43. The number of epoxide rings is 1. The van der Waals surface area contributed by atoms with Gasteiger partial charge in [-0.05, 0) is 35.4 Å². The van der Waals surface area contributed by atoms with Gasteiger partial charge in [-0.2, -0.15) is 0 Å². The predicted octanol–water partition coefficient (Wildman–Crippen LogP) is 5.24. The number of halogens is 1. The first-order valence-corrected chi connectivity index (χ1v) is 8.81. The third-order valence-electron chi connectivity index (χ3n) is 4.32. The molecule has 1 aliphatic heterocycles. The summed E-state index contributed by atoms with van der Waals surface area (Å²) in [6.45, 7) is 0.411. The predicted molar refractivity (Wildman–Crippen MR) is 101 cm³/mol. The standard InChI is InChI=1S/C22H17ClO3/c23-17-10-6-9-16(13-17)21-22(26-21)20(24)18-11-4-5-12-19(18)25-14-15-7-2-1-3-8-15/h1-13,21-22H,14H2/t21-,22-/m0/s1. The van der Waals surface area contributed by atoms with Crippen LogP contribution in [-0.4, -0.2) is 11.9 Å². The van der Waals surface area contributed by atoms with Crippen LogP contribution in [0.25, 0.3) is 0 Å². The zero-order chi connectivity index (χ0) is 17.9. The van der Waals surface area contributed by atoms with Gasteiger partial charge in [0.05, 0.1) is 5.56 Å². The number of carbonyl (C=O) groups is 1. The topological polar surface area (TPSA) is 38.8 Å². The van der Waals surface area contributed by atoms with Crippen LogP contribution in [0.3, 0.4) is 0 Å². The molecular weight excluding hydrogens is 348 g/mol. The minimum Gasteiger partial charge on any atom is -0.488 e. The molecule has 0 bridgehead atoms. The summed E-state index contributed by atoms with van der Waals surface area (Å²) >= 11 is 6.03. The summed E-state index contributed by atoms with van der Waals surface area (Å²) in [5, 5.41) is 0.635. The van der Waals surface area contributed by atoms with E-state index in [1.54, 1.807) is 12.1 Å². The number of carbonyl (C=O) groups excluding carboxylic acids is 1. The third kappa shape index (κ3) is 3.64. The average Bonchev–Trinajstić information content (AvgIpc) is 3.48. The van der Waals surface area contributed by atoms with Crippen molar-refractivity contribution < 1.29 is 14.3 Å². The highest BCUT2D eigenvalue weighted by molar-refractivity contribution is 6.30. The Morgan fingerprint density at radius 2 is 1.73 bits per heavy atom. The molecule has 130 valence electrons. The van der Waals surface area contributed by atoms with Gasteiger partial charge in [-0.3, -0.25) is 4.79 Å². The molecule has 0 spiro atoms. The van der Waals surface area contributed by atoms with Crippen LogP contribution < -0.4 is 4.74 Å². The molecule has 0 saturated carbocycles. The summed E-state index contributed by atoms with van der Waals surface area (Å²) in [4.78, 5) is 12.9. The zero-order valence-corrected chi connectivity index (χ0v) is 14.7. The number of hydrogen-bond donors (Lipinski definition) is 0. The Morgan fingerprint density at radius 1 is 0.962 bits per heavy atom. The normalized spacial score (nSPS) is 18.3. The second kappa shape index (κ2) is 7.32. The summed E-state index contributed by atoms with van der Waals surface area (Å²) in [7, 11) is 0. The van der Waals surface area contributed by atoms with Crippen LogP contribution in [0.2, 0.25) is 5.02 Å². The summed E-state index contributed by atoms with van der Waals surface area (Å²) in [5.74, 6) is 0.500. The maximum atomic E-state index is 12.9. The minimum atomic E-state index is -0.491. The Hall–Kier alpha value is -2.62. The molecule has 0 N–H and O–H groups in total. The molecule has 3 nitrogen and oxygen atoms in total. The fourth-order valence-electron chi connectivity index (χ4n) is 2.93. The number of ketones is 1. The fourth-order valence-corrected chi connectivity index (χ4v) is 3.13. The lowest BCUT2D eigenvalue weighted by atomic mass is 10.0. The Labute approximate surface area is 157 Å². The highest BCUT2D eigenvalue weighted by Gasteiger charge is 2.46. The molecule has 3 aromatic rings. The smallest absolute Gasteiger partial charge is 0.198 e. The monoisotopic (exact) mass is 364 g/mol. The van der Waals surface area contributed by atoms with Gasteiger partial charge in [-0.25, -0.2) is 0 Å². The van der Waals surface area contributed by atoms with Crippen LogP contribution in [-0.2, 0) is 11.3 Å². The lowest BCUT2D eigenvalue weighted by molar-refractivity contribution is 0.0949. The van der Waals surface area contributed by atoms with E-state index in [-0.39, 0.29) is 11.9 Å². The van der Waals surface area contributed by atoms with E-state index in [0.29, 0.717) is 22.9 Å². The molecule has 2 atom stereocenters. The number of para-hydroxylation sites is 1. The maximum Gasteiger partial charge on any atom is 0.198 e. The number of rotatable bonds is 6. The molecule has 26 heavy (non-hydrogen) atoms. The van der Waals surface area contributed by atoms with E-state index in [9.17, 15) is 4.79 Å². The molecule has 0 aliphatic carbocycles. The van der Waals surface area contributed by atoms with Crippen LogP contribution in [0, 0.1) is 0 Å². The molecule has 1 aliphatic rings. The van der Waals surface area contributed by atoms with Crippen LogP contribution in [0.4, 0.5) is 0 Å². The average molecular weight is 365 g/mol. The SMILES string of the molecule is O=C(c1ccccc1OCc1ccccc1)[C@@H]1O[C@H]1c1cccc(Cl)c1. The van der Waals surface area contributed by atoms with E-state index < -0.39 is 6.10 Å². The lowest BCUT2D eigenvalue weighted by Gasteiger charge is -2.10. The number of hydrogen-bond acceptors (Lipinski definition) is 3. The first-order chi connectivity index (χ1) is 12.7. The van der Waals surface area contributed by atoms with Crippen molar-refractivity contribution in [3.8, 4) is 5.75 Å². The van der Waals surface area contributed by atoms with Crippen molar-refractivity contribution in [3.05, 3.63) is 101 Å². The van der Waals surface area contributed by atoms with Crippen LogP contribution in [0.1, 0.15) is 27.6 Å². The van der Waals surface area contributed by atoms with Gasteiger partial charge in [0, 0.05) is 5.02 Å². The van der Waals surface area contributed by atoms with E-state index in [0.717, 1.165) is 11.1 Å². The molecule has 1 saturated heterocycles. The quantitative estimate of drug-likeness (QED) is 0.443. The first kappa shape index (κ1) is 16.8. The van der Waals surface area contributed by atoms with Gasteiger partial charge in [0.2, 0.25) is 0 Å². The molecule has 0 aromatic heterocycles. The minimum absolute atomic E-state index is 0.0707. The molecular formula is C22H17ClO3. The van der Waals surface area contributed by atoms with E-state index in [1.165, 1.54) is 0 Å². The summed E-state index contributed by atoms with van der Waals surface area (Å²) in [6, 6.07) is 24.6. The second-order valence-corrected chi connectivity index (χ2v) is 6.60. The van der Waals surface area contributed by atoms with Crippen molar-refractivity contribution in [1.82, 2.24) is 0 Å². The summed E-state index contributed by atoms with van der Waals surface area (Å²) in [5.41, 5.74) is 2.51. The fraction of sp³-hybridized carbons (Fsp3) is 0.136. The van der Waals surface area contributed by atoms with Crippen LogP contribution >= 0.6 is 11.6 Å². The molecule has 0 unspecified atom stereocenters. The highest BCUT2D eigenvalue weighted by Crippen LogP contribution is 2.42. The maximum absolute atomic E-state index is 12.9. The molecule has 1 fully saturated rings. The second-order valence-electron chi connectivity index (χ2n) is 6.17. The van der Waals surface area contributed by atoms with E-state index in [4.69, 9.17) is 21.1 Å². The van der Waals surface area contributed by atoms with Gasteiger partial charge in [0.25, 0.3) is 0 Å². The lowest BCUT2D eigenvalue weighted by Crippen LogP contribution is -2.10. The molecule has 1 heterocycles. The van der Waals surface area contributed by atoms with Crippen molar-refractivity contribution in [1.29, 1.82) is 0 Å². The highest BCUT2D eigenvalue weighted by atomic mass is 35.5. The Bertz CT molecular complexity index is 923. The molecule has 0 radical (unpaired) electrons. The van der Waals surface area contributed by atoms with E-state index in [2.05, 4.69) is 0 Å². The van der Waals surface area contributed by atoms with Crippen molar-refractivity contribution in [3.63, 3.8) is 0 Å². The van der Waals surface area contributed by atoms with Crippen molar-refractivity contribution >= 4 is 17.4 Å². The Kier molecular flexibility index (Phi) is 4.74. The number of benzene rings is 3. The van der Waals surface area contributed by atoms with Gasteiger partial charge in [-0.15, -0.1) is 0 Å². The Morgan fingerprint density at radius 3 is 2.54 bits per heavy atom. The Balaban J connectivity index is 1.49. The molecule has 0 amide bonds. The van der Waals surface area contributed by atoms with E-state index in [1.807, 2.05) is 66.7 Å². The van der Waals surface area contributed by atoms with Crippen LogP contribution in [0.5, 0.6) is 5.75 Å². The van der Waals surface area contributed by atoms with Gasteiger partial charge in [0.1, 0.15) is 18.5 Å². The van der Waals surface area contributed by atoms with Gasteiger partial charge in [-0.1, -0.05) is 66.2 Å². The molecule has 4 rings (SSSR count). The number of Topliss-reactive ketones (excluding diaryl/α,β-unsaturated/α-hetero) is 1. The summed E-state index contributed by atoms with van der Waals surface area (Å²) < 4.78 is 11.5. The largest absolute Gasteiger partial charge is 0.488 e. The zero-order valence-electron chi connectivity index (χ0n) is 14.0.